The Morgan fingerprint density at radius 2 is 1.84 bits per heavy atom. The lowest BCUT2D eigenvalue weighted by molar-refractivity contribution is -0.385. The molecule has 1 fully saturated rings. The Labute approximate surface area is 146 Å². The number of aromatic nitrogens is 1. The van der Waals surface area contributed by atoms with Gasteiger partial charge in [0, 0.05) is 38.8 Å². The molecule has 7 nitrogen and oxygen atoms in total. The molecule has 7 heteroatoms. The third-order valence-electron chi connectivity index (χ3n) is 4.55. The first-order valence-corrected chi connectivity index (χ1v) is 8.37. The smallest absolute Gasteiger partial charge is 0.290 e. The summed E-state index contributed by atoms with van der Waals surface area (Å²) in [6.45, 7) is 5.47. The minimum atomic E-state index is -0.493. The molecule has 1 aromatic carbocycles. The molecule has 0 unspecified atom stereocenters. The summed E-state index contributed by atoms with van der Waals surface area (Å²) in [7, 11) is 0. The van der Waals surface area contributed by atoms with Crippen molar-refractivity contribution in [2.24, 2.45) is 0 Å². The first kappa shape index (κ1) is 17.3. The zero-order valence-corrected chi connectivity index (χ0v) is 14.2. The number of aliphatic hydroxyl groups is 1. The average Bonchev–Trinajstić information content (AvgIpc) is 2.62. The Morgan fingerprint density at radius 1 is 1.16 bits per heavy atom. The summed E-state index contributed by atoms with van der Waals surface area (Å²) >= 11 is 0. The maximum Gasteiger partial charge on any atom is 0.290 e. The number of aryl methyl sites for hydroxylation is 1. The summed E-state index contributed by atoms with van der Waals surface area (Å²) in [6, 6.07) is 12.9. The van der Waals surface area contributed by atoms with Crippen molar-refractivity contribution in [3.63, 3.8) is 0 Å². The zero-order valence-electron chi connectivity index (χ0n) is 14.2. The minimum absolute atomic E-state index is 0.0494. The molecule has 1 aliphatic rings. The Bertz CT molecular complexity index is 730. The Hall–Kier alpha value is -2.51. The fraction of sp³-hybridized carbons (Fsp3) is 0.389. The lowest BCUT2D eigenvalue weighted by atomic mass is 10.1. The van der Waals surface area contributed by atoms with Crippen LogP contribution in [0.2, 0.25) is 0 Å². The first-order valence-electron chi connectivity index (χ1n) is 8.37. The molecule has 0 radical (unpaired) electrons. The predicted molar refractivity (Wildman–Crippen MR) is 95.7 cm³/mol. The van der Waals surface area contributed by atoms with E-state index in [1.807, 2.05) is 30.3 Å². The zero-order chi connectivity index (χ0) is 17.8. The number of anilines is 1. The number of nitro groups is 1. The van der Waals surface area contributed by atoms with Crippen LogP contribution in [0.15, 0.2) is 42.5 Å². The van der Waals surface area contributed by atoms with Gasteiger partial charge in [-0.05, 0) is 18.6 Å². The third-order valence-corrected chi connectivity index (χ3v) is 4.55. The standard InChI is InChI=1S/C18H22N4O3/c1-14-16(22(24)25)7-8-18(19-14)21-11-9-20(10-12-21)13-17(23)15-5-3-2-4-6-15/h2-8,17,23H,9-13H2,1H3/t17-/m0/s1. The second-order valence-electron chi connectivity index (χ2n) is 6.25. The van der Waals surface area contributed by atoms with Gasteiger partial charge in [-0.3, -0.25) is 15.0 Å². The molecule has 1 saturated heterocycles. The molecule has 1 atom stereocenters. The summed E-state index contributed by atoms with van der Waals surface area (Å²) in [4.78, 5) is 19.2. The second kappa shape index (κ2) is 7.58. The maximum atomic E-state index is 10.9. The van der Waals surface area contributed by atoms with Gasteiger partial charge in [-0.2, -0.15) is 0 Å². The van der Waals surface area contributed by atoms with Crippen LogP contribution in [0.25, 0.3) is 0 Å². The van der Waals surface area contributed by atoms with Crippen LogP contribution in [0.1, 0.15) is 17.4 Å². The molecule has 0 amide bonds. The van der Waals surface area contributed by atoms with E-state index in [1.165, 1.54) is 6.07 Å². The minimum Gasteiger partial charge on any atom is -0.387 e. The highest BCUT2D eigenvalue weighted by Crippen LogP contribution is 2.22. The largest absolute Gasteiger partial charge is 0.387 e. The third kappa shape index (κ3) is 4.12. The van der Waals surface area contributed by atoms with E-state index >= 15 is 0 Å². The molecular weight excluding hydrogens is 320 g/mol. The van der Waals surface area contributed by atoms with Crippen LogP contribution in [0, 0.1) is 17.0 Å². The van der Waals surface area contributed by atoms with Crippen molar-refractivity contribution in [3.05, 3.63) is 63.8 Å². The van der Waals surface area contributed by atoms with Crippen LogP contribution >= 0.6 is 0 Å². The fourth-order valence-electron chi connectivity index (χ4n) is 3.09. The number of pyridine rings is 1. The predicted octanol–water partition coefficient (Wildman–Crippen LogP) is 2.15. The summed E-state index contributed by atoms with van der Waals surface area (Å²) < 4.78 is 0. The van der Waals surface area contributed by atoms with Crippen LogP contribution < -0.4 is 4.90 Å². The molecular formula is C18H22N4O3. The van der Waals surface area contributed by atoms with E-state index in [0.29, 0.717) is 12.2 Å². The van der Waals surface area contributed by atoms with Crippen LogP contribution in [0.5, 0.6) is 0 Å². The van der Waals surface area contributed by atoms with E-state index in [4.69, 9.17) is 0 Å². The molecule has 1 aromatic heterocycles. The number of nitrogens with zero attached hydrogens (tertiary/aromatic N) is 4. The van der Waals surface area contributed by atoms with E-state index < -0.39 is 11.0 Å². The SMILES string of the molecule is Cc1nc(N2CCN(C[C@H](O)c3ccccc3)CC2)ccc1[N+](=O)[O-]. The molecule has 0 bridgehead atoms. The fourth-order valence-corrected chi connectivity index (χ4v) is 3.09. The van der Waals surface area contributed by atoms with Gasteiger partial charge in [-0.25, -0.2) is 4.98 Å². The maximum absolute atomic E-state index is 10.9. The van der Waals surface area contributed by atoms with Crippen LogP contribution in [-0.2, 0) is 0 Å². The van der Waals surface area contributed by atoms with Crippen molar-refractivity contribution in [2.75, 3.05) is 37.6 Å². The van der Waals surface area contributed by atoms with Crippen LogP contribution in [0.3, 0.4) is 0 Å². The van der Waals surface area contributed by atoms with Crippen molar-refractivity contribution in [1.29, 1.82) is 0 Å². The monoisotopic (exact) mass is 342 g/mol. The molecule has 0 spiro atoms. The van der Waals surface area contributed by atoms with E-state index in [9.17, 15) is 15.2 Å². The van der Waals surface area contributed by atoms with E-state index in [0.717, 1.165) is 37.6 Å². The molecule has 3 rings (SSSR count). The number of rotatable bonds is 5. The lowest BCUT2D eigenvalue weighted by Gasteiger charge is -2.36. The average molecular weight is 342 g/mol. The summed E-state index contributed by atoms with van der Waals surface area (Å²) in [5.41, 5.74) is 1.41. The van der Waals surface area contributed by atoms with Gasteiger partial charge in [0.15, 0.2) is 0 Å². The second-order valence-corrected chi connectivity index (χ2v) is 6.25. The molecule has 2 heterocycles. The summed E-state index contributed by atoms with van der Waals surface area (Å²) in [5.74, 6) is 0.770. The number of aliphatic hydroxyl groups excluding tert-OH is 1. The van der Waals surface area contributed by atoms with E-state index in [-0.39, 0.29) is 5.69 Å². The van der Waals surface area contributed by atoms with Gasteiger partial charge in [-0.15, -0.1) is 0 Å². The Morgan fingerprint density at radius 3 is 2.44 bits per heavy atom. The van der Waals surface area contributed by atoms with Crippen molar-refractivity contribution < 1.29 is 10.0 Å². The van der Waals surface area contributed by atoms with Gasteiger partial charge >= 0.3 is 0 Å². The summed E-state index contributed by atoms with van der Waals surface area (Å²) in [5, 5.41) is 21.2. The highest BCUT2D eigenvalue weighted by Gasteiger charge is 2.22. The molecule has 1 N–H and O–H groups in total. The first-order chi connectivity index (χ1) is 12.0. The molecule has 0 saturated carbocycles. The number of β-amino-alcohol motifs (C(OH)–C–C–N with tert-alkyl or cyclic N) is 1. The van der Waals surface area contributed by atoms with Gasteiger partial charge in [0.1, 0.15) is 11.5 Å². The van der Waals surface area contributed by atoms with Gasteiger partial charge in [0.2, 0.25) is 0 Å². The van der Waals surface area contributed by atoms with Gasteiger partial charge < -0.3 is 10.0 Å². The molecule has 132 valence electrons. The van der Waals surface area contributed by atoms with Crippen molar-refractivity contribution in [1.82, 2.24) is 9.88 Å². The Balaban J connectivity index is 1.57. The molecule has 0 aliphatic carbocycles. The lowest BCUT2D eigenvalue weighted by Crippen LogP contribution is -2.47. The van der Waals surface area contributed by atoms with Crippen LogP contribution in [0.4, 0.5) is 11.5 Å². The molecule has 1 aliphatic heterocycles. The number of hydrogen-bond acceptors (Lipinski definition) is 6. The summed E-state index contributed by atoms with van der Waals surface area (Å²) in [6.07, 6.45) is -0.493. The quantitative estimate of drug-likeness (QED) is 0.662. The number of benzene rings is 1. The molecule has 25 heavy (non-hydrogen) atoms. The van der Waals surface area contributed by atoms with Gasteiger partial charge in [-0.1, -0.05) is 30.3 Å². The van der Waals surface area contributed by atoms with Gasteiger partial charge in [0.25, 0.3) is 5.69 Å². The molecule has 2 aromatic rings. The highest BCUT2D eigenvalue weighted by molar-refractivity contribution is 5.47. The van der Waals surface area contributed by atoms with E-state index in [2.05, 4.69) is 14.8 Å². The van der Waals surface area contributed by atoms with Crippen molar-refractivity contribution in [3.8, 4) is 0 Å². The van der Waals surface area contributed by atoms with Gasteiger partial charge in [0.05, 0.1) is 11.0 Å². The topological polar surface area (TPSA) is 82.7 Å². The van der Waals surface area contributed by atoms with Crippen molar-refractivity contribution >= 4 is 11.5 Å². The van der Waals surface area contributed by atoms with E-state index in [1.54, 1.807) is 13.0 Å². The Kier molecular flexibility index (Phi) is 5.25. The van der Waals surface area contributed by atoms with Crippen molar-refractivity contribution in [2.45, 2.75) is 13.0 Å². The highest BCUT2D eigenvalue weighted by atomic mass is 16.6. The van der Waals surface area contributed by atoms with Crippen LogP contribution in [-0.4, -0.2) is 52.6 Å². The normalized spacial score (nSPS) is 16.6. The number of piperazine rings is 1. The number of hydrogen-bond donors (Lipinski definition) is 1.